The number of carbonyl (C=O) groups excluding carboxylic acids is 2. The third-order valence-electron chi connectivity index (χ3n) is 7.75. The normalized spacial score (nSPS) is 17.4. The molecular formula is C30H28N6O2. The second-order valence-electron chi connectivity index (χ2n) is 10.4. The number of rotatable bonds is 5. The summed E-state index contributed by atoms with van der Waals surface area (Å²) in [5.74, 6) is 0.742. The maximum Gasteiger partial charge on any atom is 0.256 e. The lowest BCUT2D eigenvalue weighted by Gasteiger charge is -2.25. The van der Waals surface area contributed by atoms with Gasteiger partial charge in [-0.05, 0) is 43.4 Å². The van der Waals surface area contributed by atoms with Gasteiger partial charge in [0.15, 0.2) is 11.5 Å². The summed E-state index contributed by atoms with van der Waals surface area (Å²) < 4.78 is 3.89. The fourth-order valence-corrected chi connectivity index (χ4v) is 5.59. The number of aromatic nitrogens is 4. The Morgan fingerprint density at radius 3 is 2.66 bits per heavy atom. The smallest absolute Gasteiger partial charge is 0.256 e. The van der Waals surface area contributed by atoms with Crippen molar-refractivity contribution >= 4 is 34.2 Å². The van der Waals surface area contributed by atoms with E-state index in [9.17, 15) is 9.59 Å². The van der Waals surface area contributed by atoms with Gasteiger partial charge in [0.05, 0.1) is 29.7 Å². The first-order valence-corrected chi connectivity index (χ1v) is 13.2. The van der Waals surface area contributed by atoms with Crippen LogP contribution in [-0.2, 0) is 11.8 Å². The number of hydrogen-bond donors (Lipinski definition) is 1. The number of nitrogens with zero attached hydrogens (tertiary/aromatic N) is 5. The van der Waals surface area contributed by atoms with E-state index >= 15 is 0 Å². The van der Waals surface area contributed by atoms with Gasteiger partial charge in [0.25, 0.3) is 5.91 Å². The van der Waals surface area contributed by atoms with Crippen LogP contribution in [0.1, 0.15) is 47.6 Å². The molecule has 1 aliphatic carbocycles. The standard InChI is InChI=1S/C30H28N6O2/c1-34-16-23(30(38)36-13-5-8-25(36)19-6-3-2-4-7-19)22-14-21(11-12-26(22)34)24-17-35-18-27(32-28(35)15-31-24)33-29(37)20-9-10-20/h2-4,6-7,11-12,14-18,20,25H,5,8-10,13H2,1H3,(H,33,37). The molecule has 1 N–H and O–H groups in total. The lowest BCUT2D eigenvalue weighted by atomic mass is 10.0. The predicted octanol–water partition coefficient (Wildman–Crippen LogP) is 5.21. The third kappa shape index (κ3) is 3.93. The lowest BCUT2D eigenvalue weighted by Crippen LogP contribution is -2.30. The van der Waals surface area contributed by atoms with E-state index in [4.69, 9.17) is 0 Å². The Balaban J connectivity index is 1.22. The first-order chi connectivity index (χ1) is 18.5. The molecule has 2 aromatic carbocycles. The number of likely N-dealkylation sites (tertiary alicyclic amines) is 1. The average molecular weight is 505 g/mol. The van der Waals surface area contributed by atoms with Gasteiger partial charge in [-0.15, -0.1) is 0 Å². The largest absolute Gasteiger partial charge is 0.350 e. The van der Waals surface area contributed by atoms with Crippen LogP contribution in [-0.4, -0.2) is 42.2 Å². The summed E-state index contributed by atoms with van der Waals surface area (Å²) in [6, 6.07) is 16.5. The van der Waals surface area contributed by atoms with Crippen molar-refractivity contribution in [2.24, 2.45) is 13.0 Å². The van der Waals surface area contributed by atoms with E-state index in [2.05, 4.69) is 33.5 Å². The van der Waals surface area contributed by atoms with Gasteiger partial charge in [-0.1, -0.05) is 36.4 Å². The van der Waals surface area contributed by atoms with Crippen LogP contribution in [0.15, 0.2) is 73.3 Å². The van der Waals surface area contributed by atoms with E-state index in [-0.39, 0.29) is 23.8 Å². The van der Waals surface area contributed by atoms with E-state index in [1.807, 2.05) is 69.8 Å². The van der Waals surface area contributed by atoms with Crippen LogP contribution in [0.5, 0.6) is 0 Å². The van der Waals surface area contributed by atoms with Crippen molar-refractivity contribution in [3.63, 3.8) is 0 Å². The summed E-state index contributed by atoms with van der Waals surface area (Å²) in [6.07, 6.45) is 11.2. The minimum atomic E-state index is 0.0285. The second-order valence-corrected chi connectivity index (χ2v) is 10.4. The van der Waals surface area contributed by atoms with Crippen molar-refractivity contribution < 1.29 is 9.59 Å². The number of hydrogen-bond acceptors (Lipinski definition) is 4. The van der Waals surface area contributed by atoms with Crippen LogP contribution in [0.3, 0.4) is 0 Å². The molecule has 1 atom stereocenters. The van der Waals surface area contributed by atoms with Crippen LogP contribution in [0.2, 0.25) is 0 Å². The topological polar surface area (TPSA) is 84.5 Å². The van der Waals surface area contributed by atoms with E-state index in [1.165, 1.54) is 5.56 Å². The Kier molecular flexibility index (Phi) is 5.28. The highest BCUT2D eigenvalue weighted by atomic mass is 16.2. The number of carbonyl (C=O) groups is 2. The molecule has 1 saturated heterocycles. The number of amides is 2. The molecule has 190 valence electrons. The van der Waals surface area contributed by atoms with Crippen LogP contribution in [0.4, 0.5) is 5.82 Å². The molecule has 38 heavy (non-hydrogen) atoms. The van der Waals surface area contributed by atoms with Crippen molar-refractivity contribution in [1.82, 2.24) is 23.8 Å². The first kappa shape index (κ1) is 22.7. The SMILES string of the molecule is Cn1cc(C(=O)N2CCCC2c2ccccc2)c2cc(-c3cn4cc(NC(=O)C5CC5)nc4cn3)ccc21. The molecule has 2 aliphatic rings. The van der Waals surface area contributed by atoms with Crippen molar-refractivity contribution in [3.8, 4) is 11.3 Å². The fourth-order valence-electron chi connectivity index (χ4n) is 5.59. The van der Waals surface area contributed by atoms with Crippen molar-refractivity contribution in [3.05, 3.63) is 84.4 Å². The van der Waals surface area contributed by atoms with Crippen LogP contribution >= 0.6 is 0 Å². The van der Waals surface area contributed by atoms with Crippen LogP contribution in [0, 0.1) is 5.92 Å². The molecule has 7 rings (SSSR count). The Morgan fingerprint density at radius 2 is 1.84 bits per heavy atom. The Morgan fingerprint density at radius 1 is 1.00 bits per heavy atom. The monoisotopic (exact) mass is 504 g/mol. The lowest BCUT2D eigenvalue weighted by molar-refractivity contribution is -0.117. The Hall–Kier alpha value is -4.46. The molecule has 0 spiro atoms. The summed E-state index contributed by atoms with van der Waals surface area (Å²) in [4.78, 5) is 37.1. The van der Waals surface area contributed by atoms with Gasteiger partial charge in [0.2, 0.25) is 5.91 Å². The predicted molar refractivity (Wildman–Crippen MR) is 146 cm³/mol. The third-order valence-corrected chi connectivity index (χ3v) is 7.75. The van der Waals surface area contributed by atoms with Gasteiger partial charge in [0, 0.05) is 48.4 Å². The van der Waals surface area contributed by atoms with E-state index in [1.54, 1.807) is 6.20 Å². The number of benzene rings is 2. The number of anilines is 1. The highest BCUT2D eigenvalue weighted by Crippen LogP contribution is 2.35. The van der Waals surface area contributed by atoms with Crippen molar-refractivity contribution in [2.45, 2.75) is 31.7 Å². The summed E-state index contributed by atoms with van der Waals surface area (Å²) in [6.45, 7) is 0.757. The molecular weight excluding hydrogens is 476 g/mol. The Bertz CT molecular complexity index is 1700. The molecule has 2 amide bonds. The summed E-state index contributed by atoms with van der Waals surface area (Å²) in [7, 11) is 1.98. The van der Waals surface area contributed by atoms with Crippen LogP contribution < -0.4 is 5.32 Å². The van der Waals surface area contributed by atoms with E-state index < -0.39 is 0 Å². The van der Waals surface area contributed by atoms with Crippen molar-refractivity contribution in [2.75, 3.05) is 11.9 Å². The molecule has 8 nitrogen and oxygen atoms in total. The van der Waals surface area contributed by atoms with Gasteiger partial charge in [0.1, 0.15) is 0 Å². The van der Waals surface area contributed by atoms with E-state index in [0.29, 0.717) is 17.0 Å². The highest BCUT2D eigenvalue weighted by molar-refractivity contribution is 6.08. The maximum absolute atomic E-state index is 13.9. The molecule has 2 fully saturated rings. The highest BCUT2D eigenvalue weighted by Gasteiger charge is 2.32. The fraction of sp³-hybridized carbons (Fsp3) is 0.267. The molecule has 3 aromatic heterocycles. The minimum absolute atomic E-state index is 0.0285. The first-order valence-electron chi connectivity index (χ1n) is 13.2. The summed E-state index contributed by atoms with van der Waals surface area (Å²) in [5.41, 5.74) is 5.24. The molecule has 1 saturated carbocycles. The number of imidazole rings is 1. The second kappa shape index (κ2) is 8.83. The average Bonchev–Trinajstić information content (AvgIpc) is 3.40. The maximum atomic E-state index is 13.9. The minimum Gasteiger partial charge on any atom is -0.350 e. The quantitative estimate of drug-likeness (QED) is 0.356. The molecule has 1 aliphatic heterocycles. The molecule has 1 unspecified atom stereocenters. The van der Waals surface area contributed by atoms with Gasteiger partial charge in [-0.25, -0.2) is 4.98 Å². The van der Waals surface area contributed by atoms with Crippen LogP contribution in [0.25, 0.3) is 27.8 Å². The molecule has 8 heteroatoms. The number of aryl methyl sites for hydroxylation is 1. The number of nitrogens with one attached hydrogen (secondary N) is 1. The zero-order valence-electron chi connectivity index (χ0n) is 21.2. The number of fused-ring (bicyclic) bond motifs is 2. The Labute approximate surface area is 219 Å². The summed E-state index contributed by atoms with van der Waals surface area (Å²) in [5, 5.41) is 3.81. The zero-order chi connectivity index (χ0) is 25.8. The van der Waals surface area contributed by atoms with Crippen molar-refractivity contribution in [1.29, 1.82) is 0 Å². The molecule has 0 radical (unpaired) electrons. The van der Waals surface area contributed by atoms with Gasteiger partial charge in [-0.3, -0.25) is 14.6 Å². The van der Waals surface area contributed by atoms with Gasteiger partial charge >= 0.3 is 0 Å². The van der Waals surface area contributed by atoms with Gasteiger partial charge in [-0.2, -0.15) is 0 Å². The zero-order valence-corrected chi connectivity index (χ0v) is 21.2. The summed E-state index contributed by atoms with van der Waals surface area (Å²) >= 11 is 0. The van der Waals surface area contributed by atoms with E-state index in [0.717, 1.165) is 54.4 Å². The molecule has 0 bridgehead atoms. The molecule has 4 heterocycles. The molecule has 5 aromatic rings. The van der Waals surface area contributed by atoms with Gasteiger partial charge < -0.3 is 19.2 Å².